The molecule has 4 fully saturated rings. The van der Waals surface area contributed by atoms with E-state index in [-0.39, 0.29) is 174 Å². The maximum atomic E-state index is 16.8. The van der Waals surface area contributed by atoms with Gasteiger partial charge in [-0.3, -0.25) is 38.6 Å². The topological polar surface area (TPSA) is 302 Å². The normalized spacial score (nSPS) is 16.8. The Morgan fingerprint density at radius 1 is 0.315 bits per heavy atom. The molecule has 0 radical (unpaired) electrons. The first-order chi connectivity index (χ1) is 63.7. The fraction of sp³-hybridized carbons (Fsp3) is 0.212. The van der Waals surface area contributed by atoms with Crippen LogP contribution in [0.1, 0.15) is 101 Å². The zero-order chi connectivity index (χ0) is 88.0. The van der Waals surface area contributed by atoms with E-state index in [9.17, 15) is 0 Å². The van der Waals surface area contributed by atoms with Crippen molar-refractivity contribution in [3.63, 3.8) is 0 Å². The number of furan rings is 2. The quantitative estimate of drug-likeness (QED) is 0.0119. The highest BCUT2D eigenvalue weighted by molar-refractivity contribution is 6.45. The Morgan fingerprint density at radius 3 is 0.800 bits per heavy atom. The van der Waals surface area contributed by atoms with E-state index in [4.69, 9.17) is 75.2 Å². The molecule has 21 rings (SSSR count). The molecule has 130 heavy (non-hydrogen) atoms. The number of nitrogens with one attached hydrogen (secondary N) is 2. The van der Waals surface area contributed by atoms with Gasteiger partial charge in [0.05, 0.1) is 98.8 Å². The van der Waals surface area contributed by atoms with Crippen LogP contribution in [-0.4, -0.2) is 136 Å². The van der Waals surface area contributed by atoms with Crippen molar-refractivity contribution in [1.29, 1.82) is 0 Å². The standard InChI is InChI=1S/C104H84N4O22/c1-3-115-41-37-105-99(109)97(83-19-9-39-117-83)107-101(111)79-51-85(127-67-29-21-63(22-30-67)123-71-15-5-11-59(43-71)47-75-55-119-75)91-93-87(129-69-33-25-65(26-34-69)125-73-17-7-13-61(45-73)49-77-57-121-77)53-81-90-82(104(114)108(103(81)113)98(84-20-10-40-118-84)100(110)106-38-42-116-4-2)54-88(130-70-35-27-66(28-36-70)126-74-18-8-14-62(46-74)50-78-58-122-78)94(96(90)93)92-86(52-80(102(107)112)89(79)95(91)92)128-68-31-23-64(24-32-68)124-72-16-6-12-60(44-72)48-76-56-120-76/h5-36,39-40,43-46,51-54,75-78,97-98H,3-4,37-38,41-42,47-50,55-58H2,1-2H3,(H,105,109)(H,106,110). The molecule has 15 aromatic rings. The first kappa shape index (κ1) is 82.1. The first-order valence-corrected chi connectivity index (χ1v) is 43.3. The predicted molar refractivity (Wildman–Crippen MR) is 476 cm³/mol. The average molecular weight is 1740 g/mol. The zero-order valence-electron chi connectivity index (χ0n) is 70.5. The highest BCUT2D eigenvalue weighted by atomic mass is 16.6. The molecule has 0 aliphatic carbocycles. The van der Waals surface area contributed by atoms with Gasteiger partial charge in [0.25, 0.3) is 35.4 Å². The van der Waals surface area contributed by atoms with Crippen LogP contribution in [0.3, 0.4) is 0 Å². The molecule has 2 aromatic heterocycles. The van der Waals surface area contributed by atoms with Crippen LogP contribution < -0.4 is 48.5 Å². The van der Waals surface area contributed by atoms with Crippen molar-refractivity contribution >= 4 is 78.5 Å². The molecule has 6 aliphatic rings. The Labute approximate surface area is 744 Å². The summed E-state index contributed by atoms with van der Waals surface area (Å²) in [6.45, 7) is 7.23. The Balaban J connectivity index is 0.821. The molecule has 2 N–H and O–H groups in total. The minimum atomic E-state index is -1.74. The second kappa shape index (κ2) is 35.4. The Bertz CT molecular complexity index is 6100. The first-order valence-electron chi connectivity index (χ1n) is 43.3. The number of rotatable bonds is 38. The summed E-state index contributed by atoms with van der Waals surface area (Å²) in [4.78, 5) is 99.3. The van der Waals surface area contributed by atoms with E-state index in [0.29, 0.717) is 111 Å². The summed E-state index contributed by atoms with van der Waals surface area (Å²) in [5.74, 6) is -0.759. The van der Waals surface area contributed by atoms with Gasteiger partial charge in [0.2, 0.25) is 0 Å². The van der Waals surface area contributed by atoms with Gasteiger partial charge in [-0.25, -0.2) is 0 Å². The molecular weight excluding hydrogens is 1660 g/mol. The van der Waals surface area contributed by atoms with Crippen LogP contribution in [0.25, 0.3) is 43.1 Å². The van der Waals surface area contributed by atoms with Crippen molar-refractivity contribution in [3.05, 3.63) is 311 Å². The number of carbonyl (C=O) groups is 6. The van der Waals surface area contributed by atoms with Crippen molar-refractivity contribution in [2.24, 2.45) is 0 Å². The highest BCUT2D eigenvalue weighted by Crippen LogP contribution is 2.59. The highest BCUT2D eigenvalue weighted by Gasteiger charge is 2.48. The second-order valence-corrected chi connectivity index (χ2v) is 32.4. The van der Waals surface area contributed by atoms with E-state index in [1.54, 1.807) is 109 Å². The number of imide groups is 2. The number of fused-ring (bicyclic) bond motifs is 2. The summed E-state index contributed by atoms with van der Waals surface area (Å²) >= 11 is 0. The molecule has 13 aromatic carbocycles. The lowest BCUT2D eigenvalue weighted by Crippen LogP contribution is -2.49. The van der Waals surface area contributed by atoms with E-state index in [0.717, 1.165) is 32.1 Å². The van der Waals surface area contributed by atoms with Crippen LogP contribution >= 0.6 is 0 Å². The fourth-order valence-electron chi connectivity index (χ4n) is 17.0. The van der Waals surface area contributed by atoms with Crippen LogP contribution in [0, 0.1) is 0 Å². The number of carbonyl (C=O) groups excluding carboxylic acids is 6. The van der Waals surface area contributed by atoms with Gasteiger partial charge in [-0.1, -0.05) is 48.5 Å². The van der Waals surface area contributed by atoms with Gasteiger partial charge in [-0.2, -0.15) is 0 Å². The number of hydrogen-bond donors (Lipinski definition) is 2. The SMILES string of the molecule is CCOCCNC(=O)C(c1ccco1)N1C(=O)c2cc(Oc3ccc(Oc4cccc(CC5CO5)c4)cc3)c3c4c(Oc5ccc(Oc6cccc(CC7CO7)c6)cc5)cc5c6c(cc(Oc7ccc(Oc8cccc(CC9CO9)c8)cc7)c(c7c(Oc8ccc(Oc9cccc(CC%10CO%10)c9)cc8)cc(c2c37)C1=O)c64)C(=O)N(C(C(=O)NCCOCC)c1ccco1)C5=O. The van der Waals surface area contributed by atoms with Crippen LogP contribution in [0.4, 0.5) is 0 Å². The maximum absolute atomic E-state index is 16.8. The smallest absolute Gasteiger partial charge is 0.262 e. The lowest BCUT2D eigenvalue weighted by molar-refractivity contribution is -0.126. The molecule has 0 saturated carbocycles. The van der Waals surface area contributed by atoms with Crippen molar-refractivity contribution in [1.82, 2.24) is 20.4 Å². The molecule has 6 unspecified atom stereocenters. The Hall–Kier alpha value is -14.9. The van der Waals surface area contributed by atoms with Crippen LogP contribution in [0.15, 0.2) is 264 Å². The lowest BCUT2D eigenvalue weighted by Gasteiger charge is -2.35. The van der Waals surface area contributed by atoms with Gasteiger partial charge in [-0.05, 0) is 230 Å². The minimum absolute atomic E-state index is 0.00720. The summed E-state index contributed by atoms with van der Waals surface area (Å²) in [6, 6.07) is 67.0. The van der Waals surface area contributed by atoms with Gasteiger partial charge in [0, 0.05) is 95.1 Å². The number of nitrogens with zero attached hydrogens (tertiary/aromatic N) is 2. The van der Waals surface area contributed by atoms with Crippen molar-refractivity contribution in [2.75, 3.05) is 65.9 Å². The summed E-state index contributed by atoms with van der Waals surface area (Å²) in [5, 5.41) is 6.76. The number of epoxide rings is 4. The number of amides is 6. The van der Waals surface area contributed by atoms with Gasteiger partial charge >= 0.3 is 0 Å². The monoisotopic (exact) mass is 1740 g/mol. The summed E-state index contributed by atoms with van der Waals surface area (Å²) < 4.78 is 101. The average Bonchev–Trinajstić information content (AvgIpc) is 1.26. The van der Waals surface area contributed by atoms with Gasteiger partial charge < -0.3 is 85.8 Å². The molecule has 652 valence electrons. The van der Waals surface area contributed by atoms with E-state index in [1.165, 1.54) is 48.9 Å². The second-order valence-electron chi connectivity index (χ2n) is 32.4. The van der Waals surface area contributed by atoms with E-state index in [1.807, 2.05) is 111 Å². The van der Waals surface area contributed by atoms with Crippen molar-refractivity contribution in [3.8, 4) is 92.0 Å². The molecule has 4 saturated heterocycles. The molecule has 6 atom stereocenters. The number of benzene rings is 13. The molecular formula is C104H84N4O22. The Morgan fingerprint density at radius 2 is 0.569 bits per heavy atom. The van der Waals surface area contributed by atoms with E-state index in [2.05, 4.69) is 10.6 Å². The van der Waals surface area contributed by atoms with Gasteiger partial charge in [-0.15, -0.1) is 0 Å². The molecule has 8 heterocycles. The van der Waals surface area contributed by atoms with E-state index < -0.39 is 47.5 Å². The van der Waals surface area contributed by atoms with Crippen LogP contribution in [0.2, 0.25) is 0 Å². The molecule has 0 spiro atoms. The third-order valence-electron chi connectivity index (χ3n) is 23.3. The van der Waals surface area contributed by atoms with Crippen LogP contribution in [0.5, 0.6) is 92.0 Å². The molecule has 6 aliphatic heterocycles. The maximum Gasteiger partial charge on any atom is 0.262 e. The fourth-order valence-corrected chi connectivity index (χ4v) is 17.0. The Kier molecular flexibility index (Phi) is 22.3. The molecule has 6 amide bonds. The molecule has 0 bridgehead atoms. The largest absolute Gasteiger partial charge is 0.467 e. The third kappa shape index (κ3) is 17.2. The van der Waals surface area contributed by atoms with E-state index >= 15 is 28.8 Å². The molecule has 26 heteroatoms. The summed E-state index contributed by atoms with van der Waals surface area (Å²) in [5.41, 5.74) is 3.60. The van der Waals surface area contributed by atoms with Gasteiger partial charge in [0.1, 0.15) is 104 Å². The predicted octanol–water partition coefficient (Wildman–Crippen LogP) is 20.0. The zero-order valence-corrected chi connectivity index (χ0v) is 70.5. The molecule has 26 nitrogen and oxygen atoms in total. The summed E-state index contributed by atoms with van der Waals surface area (Å²) in [6.07, 6.45) is 6.07. The summed E-state index contributed by atoms with van der Waals surface area (Å²) in [7, 11) is 0. The minimum Gasteiger partial charge on any atom is -0.467 e. The number of ether oxygens (including phenoxy) is 14. The lowest BCUT2D eigenvalue weighted by atomic mass is 9.80. The van der Waals surface area contributed by atoms with Crippen LogP contribution in [-0.2, 0) is 63.7 Å². The van der Waals surface area contributed by atoms with Gasteiger partial charge in [0.15, 0.2) is 12.1 Å². The third-order valence-corrected chi connectivity index (χ3v) is 23.3. The van der Waals surface area contributed by atoms with Crippen molar-refractivity contribution in [2.45, 2.75) is 76.0 Å². The number of hydrogen-bond acceptors (Lipinski definition) is 22. The van der Waals surface area contributed by atoms with Crippen molar-refractivity contribution < 1.29 is 104 Å².